The summed E-state index contributed by atoms with van der Waals surface area (Å²) in [6.07, 6.45) is 2.15. The number of carboxylic acids is 1. The minimum atomic E-state index is -0.720. The summed E-state index contributed by atoms with van der Waals surface area (Å²) in [6, 6.07) is 1.87. The summed E-state index contributed by atoms with van der Waals surface area (Å²) < 4.78 is 5.07. The number of carbonyl (C=O) groups is 1. The molecule has 1 saturated carbocycles. The van der Waals surface area contributed by atoms with E-state index in [1.165, 1.54) is 0 Å². The van der Waals surface area contributed by atoms with Crippen LogP contribution in [0.4, 0.5) is 5.95 Å². The van der Waals surface area contributed by atoms with Crippen molar-refractivity contribution in [3.05, 3.63) is 11.8 Å². The Bertz CT molecular complexity index is 450. The number of hydrogen-bond donors (Lipinski definition) is 2. The molecule has 6 heteroatoms. The molecule has 98 valence electrons. The molecule has 0 saturated heterocycles. The van der Waals surface area contributed by atoms with E-state index < -0.39 is 5.97 Å². The van der Waals surface area contributed by atoms with Gasteiger partial charge in [0.25, 0.3) is 0 Å². The van der Waals surface area contributed by atoms with Crippen LogP contribution in [-0.2, 0) is 4.79 Å². The Balaban J connectivity index is 2.02. The number of nitrogens with one attached hydrogen (secondary N) is 1. The summed E-state index contributed by atoms with van der Waals surface area (Å²) >= 11 is 0. The van der Waals surface area contributed by atoms with Crippen LogP contribution < -0.4 is 10.1 Å². The predicted molar refractivity (Wildman–Crippen MR) is 65.7 cm³/mol. The van der Waals surface area contributed by atoms with E-state index in [1.807, 2.05) is 6.92 Å². The Morgan fingerprint density at radius 2 is 2.28 bits per heavy atom. The van der Waals surface area contributed by atoms with Crippen molar-refractivity contribution in [2.24, 2.45) is 5.92 Å². The van der Waals surface area contributed by atoms with Crippen molar-refractivity contribution in [2.45, 2.75) is 32.2 Å². The molecule has 2 N–H and O–H groups in total. The topological polar surface area (TPSA) is 84.3 Å². The van der Waals surface area contributed by atoms with Crippen LogP contribution in [0.25, 0.3) is 0 Å². The molecule has 18 heavy (non-hydrogen) atoms. The van der Waals surface area contributed by atoms with Gasteiger partial charge in [0.1, 0.15) is 0 Å². The van der Waals surface area contributed by atoms with E-state index in [0.717, 1.165) is 12.1 Å². The molecule has 1 aliphatic carbocycles. The highest BCUT2D eigenvalue weighted by atomic mass is 16.5. The van der Waals surface area contributed by atoms with E-state index >= 15 is 0 Å². The predicted octanol–water partition coefficient (Wildman–Crippen LogP) is 1.46. The lowest BCUT2D eigenvalue weighted by Crippen LogP contribution is -2.19. The second-order valence-corrected chi connectivity index (χ2v) is 4.56. The first-order valence-electron chi connectivity index (χ1n) is 5.97. The molecule has 0 amide bonds. The monoisotopic (exact) mass is 251 g/mol. The van der Waals surface area contributed by atoms with Crippen molar-refractivity contribution in [3.63, 3.8) is 0 Å². The van der Waals surface area contributed by atoms with Gasteiger partial charge in [-0.3, -0.25) is 4.79 Å². The molecular formula is C12H17N3O3. The first kappa shape index (κ1) is 12.6. The van der Waals surface area contributed by atoms with E-state index in [1.54, 1.807) is 13.2 Å². The van der Waals surface area contributed by atoms with E-state index in [0.29, 0.717) is 24.7 Å². The lowest BCUT2D eigenvalue weighted by molar-refractivity contribution is -0.141. The number of methoxy groups -OCH3 is 1. The maximum atomic E-state index is 10.9. The average molecular weight is 251 g/mol. The van der Waals surface area contributed by atoms with Gasteiger partial charge in [-0.15, -0.1) is 0 Å². The Hall–Kier alpha value is -1.85. The summed E-state index contributed by atoms with van der Waals surface area (Å²) in [5.74, 6) is 0.0388. The van der Waals surface area contributed by atoms with Gasteiger partial charge in [0.2, 0.25) is 11.8 Å². The van der Waals surface area contributed by atoms with Crippen LogP contribution in [0.5, 0.6) is 5.88 Å². The summed E-state index contributed by atoms with van der Waals surface area (Å²) in [7, 11) is 1.56. The zero-order valence-corrected chi connectivity index (χ0v) is 10.5. The van der Waals surface area contributed by atoms with Crippen LogP contribution in [0.2, 0.25) is 0 Å². The molecule has 6 nitrogen and oxygen atoms in total. The van der Waals surface area contributed by atoms with E-state index in [2.05, 4.69) is 15.3 Å². The fourth-order valence-electron chi connectivity index (χ4n) is 2.23. The van der Waals surface area contributed by atoms with E-state index in [9.17, 15) is 4.79 Å². The maximum Gasteiger partial charge on any atom is 0.306 e. The SMILES string of the molecule is COc1cc(C)nc(NC2CCC(C(=O)O)C2)n1. The zero-order chi connectivity index (χ0) is 13.1. The van der Waals surface area contributed by atoms with Gasteiger partial charge in [0.05, 0.1) is 13.0 Å². The van der Waals surface area contributed by atoms with Crippen LogP contribution in [0.15, 0.2) is 6.07 Å². The van der Waals surface area contributed by atoms with Crippen LogP contribution in [-0.4, -0.2) is 34.2 Å². The molecule has 2 unspecified atom stereocenters. The zero-order valence-electron chi connectivity index (χ0n) is 10.5. The highest BCUT2D eigenvalue weighted by Gasteiger charge is 2.30. The number of nitrogens with zero attached hydrogens (tertiary/aromatic N) is 2. The molecule has 1 aliphatic rings. The van der Waals surface area contributed by atoms with Crippen molar-refractivity contribution in [1.29, 1.82) is 0 Å². The molecule has 1 heterocycles. The Labute approximate surface area is 105 Å². The highest BCUT2D eigenvalue weighted by Crippen LogP contribution is 2.27. The highest BCUT2D eigenvalue weighted by molar-refractivity contribution is 5.70. The first-order chi connectivity index (χ1) is 8.58. The molecule has 0 radical (unpaired) electrons. The molecular weight excluding hydrogens is 234 g/mol. The normalized spacial score (nSPS) is 22.8. The van der Waals surface area contributed by atoms with Crippen LogP contribution in [0.1, 0.15) is 25.0 Å². The molecule has 0 spiro atoms. The summed E-state index contributed by atoms with van der Waals surface area (Å²) in [5.41, 5.74) is 0.817. The molecule has 0 aliphatic heterocycles. The lowest BCUT2D eigenvalue weighted by atomic mass is 10.1. The minimum absolute atomic E-state index is 0.123. The molecule has 1 aromatic rings. The van der Waals surface area contributed by atoms with Gasteiger partial charge in [0.15, 0.2) is 0 Å². The molecule has 2 atom stereocenters. The van der Waals surface area contributed by atoms with Gasteiger partial charge >= 0.3 is 5.97 Å². The van der Waals surface area contributed by atoms with Gasteiger partial charge in [0, 0.05) is 17.8 Å². The van der Waals surface area contributed by atoms with Gasteiger partial charge < -0.3 is 15.2 Å². The van der Waals surface area contributed by atoms with Crippen LogP contribution in [0.3, 0.4) is 0 Å². The van der Waals surface area contributed by atoms with Crippen molar-refractivity contribution in [3.8, 4) is 5.88 Å². The number of anilines is 1. The third-order valence-electron chi connectivity index (χ3n) is 3.15. The number of ether oxygens (including phenoxy) is 1. The average Bonchev–Trinajstić information content (AvgIpc) is 2.76. The second-order valence-electron chi connectivity index (χ2n) is 4.56. The molecule has 2 rings (SSSR count). The van der Waals surface area contributed by atoms with Gasteiger partial charge in [-0.1, -0.05) is 0 Å². The third-order valence-corrected chi connectivity index (χ3v) is 3.15. The number of aliphatic carboxylic acids is 1. The van der Waals surface area contributed by atoms with Gasteiger partial charge in [-0.25, -0.2) is 4.98 Å². The number of carboxylic acid groups (broad SMARTS) is 1. The van der Waals surface area contributed by atoms with Crippen LogP contribution >= 0.6 is 0 Å². The van der Waals surface area contributed by atoms with E-state index in [4.69, 9.17) is 9.84 Å². The van der Waals surface area contributed by atoms with Gasteiger partial charge in [-0.2, -0.15) is 4.98 Å². The number of aromatic nitrogens is 2. The summed E-state index contributed by atoms with van der Waals surface area (Å²) in [6.45, 7) is 1.87. The Morgan fingerprint density at radius 1 is 1.50 bits per heavy atom. The molecule has 1 aromatic heterocycles. The first-order valence-corrected chi connectivity index (χ1v) is 5.97. The van der Waals surface area contributed by atoms with Crippen molar-refractivity contribution < 1.29 is 14.6 Å². The summed E-state index contributed by atoms with van der Waals surface area (Å²) in [4.78, 5) is 19.3. The van der Waals surface area contributed by atoms with Crippen molar-refractivity contribution >= 4 is 11.9 Å². The Kier molecular flexibility index (Phi) is 3.64. The second kappa shape index (κ2) is 5.20. The quantitative estimate of drug-likeness (QED) is 0.842. The number of hydrogen-bond acceptors (Lipinski definition) is 5. The standard InChI is InChI=1S/C12H17N3O3/c1-7-5-10(18-2)15-12(13-7)14-9-4-3-8(6-9)11(16)17/h5,8-9H,3-4,6H2,1-2H3,(H,16,17)(H,13,14,15). The smallest absolute Gasteiger partial charge is 0.306 e. The Morgan fingerprint density at radius 3 is 2.89 bits per heavy atom. The molecule has 1 fully saturated rings. The fourth-order valence-corrected chi connectivity index (χ4v) is 2.23. The maximum absolute atomic E-state index is 10.9. The van der Waals surface area contributed by atoms with Gasteiger partial charge in [-0.05, 0) is 26.2 Å². The van der Waals surface area contributed by atoms with Crippen LogP contribution in [0, 0.1) is 12.8 Å². The largest absolute Gasteiger partial charge is 0.481 e. The van der Waals surface area contributed by atoms with Crippen molar-refractivity contribution in [1.82, 2.24) is 9.97 Å². The third kappa shape index (κ3) is 2.88. The minimum Gasteiger partial charge on any atom is -0.481 e. The summed E-state index contributed by atoms with van der Waals surface area (Å²) in [5, 5.41) is 12.1. The van der Waals surface area contributed by atoms with E-state index in [-0.39, 0.29) is 12.0 Å². The number of rotatable bonds is 4. The fraction of sp³-hybridized carbons (Fsp3) is 0.583. The lowest BCUT2D eigenvalue weighted by Gasteiger charge is -2.13. The number of aryl methyl sites for hydroxylation is 1. The van der Waals surface area contributed by atoms with Crippen molar-refractivity contribution in [2.75, 3.05) is 12.4 Å². The molecule has 0 bridgehead atoms. The molecule has 0 aromatic carbocycles.